The van der Waals surface area contributed by atoms with Crippen molar-refractivity contribution >= 4 is 46.6 Å². The van der Waals surface area contributed by atoms with E-state index in [0.29, 0.717) is 58.9 Å². The number of nitrogens with zero attached hydrogens (tertiary/aromatic N) is 14. The van der Waals surface area contributed by atoms with Crippen LogP contribution < -0.4 is 10.6 Å². The van der Waals surface area contributed by atoms with E-state index >= 15 is 0 Å². The van der Waals surface area contributed by atoms with Gasteiger partial charge in [0.25, 0.3) is 0 Å². The van der Waals surface area contributed by atoms with E-state index in [2.05, 4.69) is 65.1 Å². The number of anilines is 2. The van der Waals surface area contributed by atoms with Gasteiger partial charge in [0.15, 0.2) is 46.3 Å². The summed E-state index contributed by atoms with van der Waals surface area (Å²) in [6.07, 6.45) is 9.00. The molecule has 0 atom stereocenters. The molecule has 2 N–H and O–H groups in total. The van der Waals surface area contributed by atoms with E-state index in [-0.39, 0.29) is 22.8 Å². The lowest BCUT2D eigenvalue weighted by Gasteiger charge is -2.09. The van der Waals surface area contributed by atoms with Crippen LogP contribution in [-0.4, -0.2) is 89.3 Å². The van der Waals surface area contributed by atoms with Crippen LogP contribution in [0.5, 0.6) is 0 Å². The van der Waals surface area contributed by atoms with Crippen molar-refractivity contribution < 1.29 is 19.1 Å². The molecule has 0 aliphatic rings. The molecule has 0 aromatic carbocycles. The second-order valence-corrected chi connectivity index (χ2v) is 11.4. The molecule has 0 radical (unpaired) electrons. The van der Waals surface area contributed by atoms with Crippen LogP contribution in [0.1, 0.15) is 71.6 Å². The number of carbonyl (C=O) groups excluding carboxylic acids is 2. The number of hydrogen-bond acceptors (Lipinski definition) is 16. The average molecular weight is 715 g/mol. The fourth-order valence-corrected chi connectivity index (χ4v) is 5.30. The molecular weight excluding hydrogens is 672 g/mol. The summed E-state index contributed by atoms with van der Waals surface area (Å²) in [5.74, 6) is 1.23. The number of aryl methyl sites for hydroxylation is 4. The van der Waals surface area contributed by atoms with Gasteiger partial charge in [0, 0.05) is 34.3 Å². The molecule has 5 aromatic rings. The second-order valence-electron chi connectivity index (χ2n) is 11.4. The number of hydrogen-bond donors (Lipinski definition) is 2. The van der Waals surface area contributed by atoms with Gasteiger partial charge in [-0.25, -0.2) is 28.9 Å². The Hall–Kier alpha value is -6.34. The zero-order chi connectivity index (χ0) is 37.4. The van der Waals surface area contributed by atoms with Gasteiger partial charge in [-0.3, -0.25) is 0 Å². The summed E-state index contributed by atoms with van der Waals surface area (Å²) in [5, 5.41) is 42.4. The topological polar surface area (TPSA) is 223 Å². The Morgan fingerprint density at radius 3 is 1.50 bits per heavy atom. The smallest absolute Gasteiger partial charge is 0.343 e. The molecule has 0 bridgehead atoms. The van der Waals surface area contributed by atoms with Gasteiger partial charge in [0.1, 0.15) is 17.5 Å². The number of esters is 2. The van der Waals surface area contributed by atoms with Crippen molar-refractivity contribution in [3.05, 3.63) is 47.3 Å². The van der Waals surface area contributed by atoms with Crippen LogP contribution in [0.4, 0.5) is 34.6 Å². The average Bonchev–Trinajstić information content (AvgIpc) is 3.92. The number of ether oxygens (including phenoxy) is 2. The maximum Gasteiger partial charge on any atom is 0.343 e. The number of rotatable bonds is 16. The van der Waals surface area contributed by atoms with Crippen LogP contribution in [0.25, 0.3) is 11.6 Å². The third-order valence-corrected chi connectivity index (χ3v) is 8.06. The van der Waals surface area contributed by atoms with Crippen molar-refractivity contribution in [2.75, 3.05) is 38.9 Å². The predicted octanol–water partition coefficient (Wildman–Crippen LogP) is 5.49. The third-order valence-electron chi connectivity index (χ3n) is 8.06. The third kappa shape index (κ3) is 7.39. The molecule has 0 spiro atoms. The highest BCUT2D eigenvalue weighted by Crippen LogP contribution is 2.37. The van der Waals surface area contributed by atoms with E-state index in [1.54, 1.807) is 43.6 Å². The Bertz CT molecular complexity index is 1960. The lowest BCUT2D eigenvalue weighted by Crippen LogP contribution is -2.09. The maximum atomic E-state index is 12.3. The lowest BCUT2D eigenvalue weighted by atomic mass is 10.2. The van der Waals surface area contributed by atoms with Gasteiger partial charge in [-0.2, -0.15) is 29.8 Å². The van der Waals surface area contributed by atoms with Crippen LogP contribution in [-0.2, 0) is 36.4 Å². The van der Waals surface area contributed by atoms with E-state index in [9.17, 15) is 9.59 Å². The molecule has 0 aliphatic carbocycles. The molecular formula is C32H42N16O4. The van der Waals surface area contributed by atoms with Gasteiger partial charge < -0.3 is 20.1 Å². The number of aromatic nitrogens is 10. The molecule has 0 amide bonds. The molecule has 20 heteroatoms. The van der Waals surface area contributed by atoms with Gasteiger partial charge >= 0.3 is 11.9 Å². The zero-order valence-corrected chi connectivity index (χ0v) is 30.4. The molecule has 20 nitrogen and oxygen atoms in total. The normalized spacial score (nSPS) is 11.5. The van der Waals surface area contributed by atoms with Crippen LogP contribution in [0.2, 0.25) is 0 Å². The highest BCUT2D eigenvalue weighted by molar-refractivity contribution is 5.94. The quantitative estimate of drug-likeness (QED) is 0.0957. The van der Waals surface area contributed by atoms with Gasteiger partial charge in [0.05, 0.1) is 38.0 Å². The first-order chi connectivity index (χ1) is 25.2. The molecule has 0 fully saturated rings. The monoisotopic (exact) mass is 714 g/mol. The second kappa shape index (κ2) is 16.6. The number of unbranched alkanes of at least 4 members (excludes halogenated alkanes) is 2. The van der Waals surface area contributed by atoms with Crippen molar-refractivity contribution in [1.82, 2.24) is 49.1 Å². The molecule has 0 aliphatic heterocycles. The maximum absolute atomic E-state index is 12.3. The summed E-state index contributed by atoms with van der Waals surface area (Å²) in [4.78, 5) is 33.8. The molecule has 0 saturated carbocycles. The minimum absolute atomic E-state index is 0.184. The molecule has 274 valence electrons. The summed E-state index contributed by atoms with van der Waals surface area (Å²) in [6.45, 7) is 4.18. The minimum Gasteiger partial charge on any atom is -0.465 e. The van der Waals surface area contributed by atoms with Crippen molar-refractivity contribution in [3.8, 4) is 11.6 Å². The lowest BCUT2D eigenvalue weighted by molar-refractivity contribution is 0.0592. The van der Waals surface area contributed by atoms with Crippen LogP contribution >= 0.6 is 0 Å². The van der Waals surface area contributed by atoms with Crippen LogP contribution in [0.3, 0.4) is 0 Å². The van der Waals surface area contributed by atoms with Gasteiger partial charge in [-0.05, 0) is 25.7 Å². The van der Waals surface area contributed by atoms with Gasteiger partial charge in [-0.1, -0.05) is 26.7 Å². The van der Waals surface area contributed by atoms with Crippen molar-refractivity contribution in [2.24, 2.45) is 34.6 Å². The summed E-state index contributed by atoms with van der Waals surface area (Å²) in [7, 11) is 9.42. The van der Waals surface area contributed by atoms with Crippen molar-refractivity contribution in [1.29, 1.82) is 0 Å². The van der Waals surface area contributed by atoms with E-state index in [1.807, 2.05) is 0 Å². The largest absolute Gasteiger partial charge is 0.465 e. The highest BCUT2D eigenvalue weighted by atomic mass is 16.5. The zero-order valence-electron chi connectivity index (χ0n) is 30.4. The van der Waals surface area contributed by atoms with E-state index in [4.69, 9.17) is 19.7 Å². The Kier molecular flexibility index (Phi) is 11.8. The summed E-state index contributed by atoms with van der Waals surface area (Å²) < 4.78 is 15.9. The summed E-state index contributed by atoms with van der Waals surface area (Å²) >= 11 is 0. The van der Waals surface area contributed by atoms with E-state index in [1.165, 1.54) is 42.3 Å². The fourth-order valence-electron chi connectivity index (χ4n) is 5.30. The molecule has 5 rings (SSSR count). The summed E-state index contributed by atoms with van der Waals surface area (Å²) in [6, 6.07) is 1.74. The molecule has 52 heavy (non-hydrogen) atoms. The highest BCUT2D eigenvalue weighted by Gasteiger charge is 2.24. The SMILES string of the molecule is CCCCc1nn(-c2cc(-n3nc(CCCC)c(/N=N/c4c(C(=O)OC)cnn4C)c3NC)ncn2)c(NC)c1/N=N/c1c(C(=O)OC)cnn1C. The Labute approximate surface area is 299 Å². The molecule has 0 unspecified atom stereocenters. The predicted molar refractivity (Wildman–Crippen MR) is 190 cm³/mol. The van der Waals surface area contributed by atoms with E-state index in [0.717, 1.165) is 25.7 Å². The van der Waals surface area contributed by atoms with Gasteiger partial charge in [0.2, 0.25) is 0 Å². The number of methoxy groups -OCH3 is 2. The standard InChI is InChI=1S/C32H42N16O4/c1-9-11-13-21-25(39-41-27-19(31(49)51-7)16-37-45(27)5)29(33-3)47(43-21)23-15-24(36-18-35-23)48-30(34-4)26(22(44-48)14-12-10-2)40-42-28-20(32(50)52-8)17-38-46(28)6/h15-18,33-34H,9-14H2,1-8H3/b41-39+,42-40+. The minimum atomic E-state index is -0.573. The van der Waals surface area contributed by atoms with E-state index < -0.39 is 11.9 Å². The number of carbonyl (C=O) groups is 2. The van der Waals surface area contributed by atoms with Crippen LogP contribution in [0.15, 0.2) is 45.2 Å². The van der Waals surface area contributed by atoms with Gasteiger partial charge in [-0.15, -0.1) is 20.5 Å². The fraction of sp³-hybridized carbons (Fsp3) is 0.438. The molecule has 0 saturated heterocycles. The first-order valence-electron chi connectivity index (χ1n) is 16.7. The Balaban J connectivity index is 1.60. The first-order valence-corrected chi connectivity index (χ1v) is 16.7. The van der Waals surface area contributed by atoms with Crippen molar-refractivity contribution in [3.63, 3.8) is 0 Å². The van der Waals surface area contributed by atoms with Crippen LogP contribution in [0, 0.1) is 0 Å². The van der Waals surface area contributed by atoms with Crippen molar-refractivity contribution in [2.45, 2.75) is 52.4 Å². The Morgan fingerprint density at radius 1 is 0.712 bits per heavy atom. The number of nitrogens with one attached hydrogen (secondary N) is 2. The first kappa shape index (κ1) is 36.9. The Morgan fingerprint density at radius 2 is 1.13 bits per heavy atom. The molecule has 5 aromatic heterocycles. The number of azo groups is 2. The molecule has 5 heterocycles. The summed E-state index contributed by atoms with van der Waals surface area (Å²) in [5.41, 5.74) is 2.69.